The summed E-state index contributed by atoms with van der Waals surface area (Å²) in [5.74, 6) is 0.681. The molecule has 1 aliphatic rings. The molecule has 0 fully saturated rings. The van der Waals surface area contributed by atoms with Gasteiger partial charge in [0.1, 0.15) is 11.4 Å². The number of H-pyrrole nitrogens is 1. The van der Waals surface area contributed by atoms with E-state index < -0.39 is 0 Å². The number of carbonyl (C=O) groups excluding carboxylic acids is 1. The normalized spacial score (nSPS) is 16.4. The van der Waals surface area contributed by atoms with E-state index in [4.69, 9.17) is 4.74 Å². The predicted octanol–water partition coefficient (Wildman–Crippen LogP) is 2.98. The van der Waals surface area contributed by atoms with Crippen molar-refractivity contribution in [2.45, 2.75) is 6.04 Å². The Morgan fingerprint density at radius 3 is 2.73 bits per heavy atom. The number of nitrogens with zero attached hydrogens (tertiary/aromatic N) is 1. The van der Waals surface area contributed by atoms with Gasteiger partial charge >= 0.3 is 0 Å². The Balaban J connectivity index is 1.82. The molecule has 1 atom stereocenters. The zero-order valence-electron chi connectivity index (χ0n) is 11.8. The second kappa shape index (κ2) is 4.99. The maximum atomic E-state index is 12.1. The van der Waals surface area contributed by atoms with Gasteiger partial charge in [-0.15, -0.1) is 11.3 Å². The summed E-state index contributed by atoms with van der Waals surface area (Å²) >= 11 is 1.62. The van der Waals surface area contributed by atoms with Gasteiger partial charge < -0.3 is 10.1 Å². The Kier molecular flexibility index (Phi) is 2.97. The minimum atomic E-state index is -0.140. The first-order chi connectivity index (χ1) is 10.8. The number of aromatic amines is 1. The topological polar surface area (TPSA) is 67.0 Å². The van der Waals surface area contributed by atoms with E-state index in [1.165, 1.54) is 0 Å². The summed E-state index contributed by atoms with van der Waals surface area (Å²) < 4.78 is 5.18. The third-order valence-corrected chi connectivity index (χ3v) is 4.72. The largest absolute Gasteiger partial charge is 0.497 e. The van der Waals surface area contributed by atoms with Crippen molar-refractivity contribution in [3.05, 3.63) is 57.9 Å². The smallest absolute Gasteiger partial charge is 0.270 e. The lowest BCUT2D eigenvalue weighted by atomic mass is 10.0. The zero-order valence-corrected chi connectivity index (χ0v) is 12.6. The molecule has 0 spiro atoms. The molecule has 3 heterocycles. The van der Waals surface area contributed by atoms with E-state index in [0.29, 0.717) is 5.69 Å². The number of amides is 1. The molecule has 22 heavy (non-hydrogen) atoms. The summed E-state index contributed by atoms with van der Waals surface area (Å²) in [7, 11) is 1.64. The van der Waals surface area contributed by atoms with Crippen LogP contribution >= 0.6 is 11.3 Å². The van der Waals surface area contributed by atoms with Gasteiger partial charge in [0.2, 0.25) is 0 Å². The molecular formula is C16H13N3O2S. The lowest BCUT2D eigenvalue weighted by Gasteiger charge is -2.11. The van der Waals surface area contributed by atoms with Gasteiger partial charge in [0.25, 0.3) is 5.91 Å². The highest BCUT2D eigenvalue weighted by Gasteiger charge is 2.35. The minimum Gasteiger partial charge on any atom is -0.497 e. The number of aromatic nitrogens is 2. The average Bonchev–Trinajstić information content (AvgIpc) is 3.26. The Bertz CT molecular complexity index is 822. The van der Waals surface area contributed by atoms with Gasteiger partial charge in [-0.05, 0) is 35.7 Å². The van der Waals surface area contributed by atoms with Crippen LogP contribution in [0.4, 0.5) is 0 Å². The summed E-state index contributed by atoms with van der Waals surface area (Å²) in [5.41, 5.74) is 3.22. The van der Waals surface area contributed by atoms with Gasteiger partial charge in [0, 0.05) is 16.0 Å². The third kappa shape index (κ3) is 1.92. The molecule has 0 radical (unpaired) electrons. The minimum absolute atomic E-state index is 0.110. The second-order valence-electron chi connectivity index (χ2n) is 5.01. The molecule has 2 N–H and O–H groups in total. The molecule has 0 aliphatic carbocycles. The molecule has 2 aromatic heterocycles. The Morgan fingerprint density at radius 2 is 2.05 bits per heavy atom. The number of rotatable bonds is 3. The van der Waals surface area contributed by atoms with Gasteiger partial charge in [0.15, 0.2) is 0 Å². The van der Waals surface area contributed by atoms with Crippen LogP contribution in [-0.4, -0.2) is 23.2 Å². The molecule has 4 rings (SSSR count). The van der Waals surface area contributed by atoms with Gasteiger partial charge in [-0.2, -0.15) is 5.10 Å². The molecule has 110 valence electrons. The van der Waals surface area contributed by atoms with Crippen molar-refractivity contribution in [1.82, 2.24) is 15.5 Å². The number of thiophene rings is 1. The van der Waals surface area contributed by atoms with Crippen LogP contribution in [0, 0.1) is 0 Å². The molecule has 3 aromatic rings. The fourth-order valence-corrected chi connectivity index (χ4v) is 3.50. The van der Waals surface area contributed by atoms with E-state index in [1.807, 2.05) is 41.8 Å². The lowest BCUT2D eigenvalue weighted by molar-refractivity contribution is 0.0956. The molecule has 6 heteroatoms. The summed E-state index contributed by atoms with van der Waals surface area (Å²) in [6.07, 6.45) is 0. The number of carbonyl (C=O) groups is 1. The molecule has 0 saturated carbocycles. The van der Waals surface area contributed by atoms with Crippen molar-refractivity contribution in [2.24, 2.45) is 0 Å². The monoisotopic (exact) mass is 311 g/mol. The van der Waals surface area contributed by atoms with Crippen LogP contribution < -0.4 is 10.1 Å². The number of methoxy groups -OCH3 is 1. The number of ether oxygens (including phenoxy) is 1. The fourth-order valence-electron chi connectivity index (χ4n) is 2.72. The first-order valence-electron chi connectivity index (χ1n) is 6.85. The maximum Gasteiger partial charge on any atom is 0.270 e. The highest BCUT2D eigenvalue weighted by Crippen LogP contribution is 2.38. The van der Waals surface area contributed by atoms with E-state index in [1.54, 1.807) is 18.4 Å². The number of hydrogen-bond donors (Lipinski definition) is 2. The number of fused-ring (bicyclic) bond motifs is 1. The van der Waals surface area contributed by atoms with Crippen molar-refractivity contribution in [3.8, 4) is 17.0 Å². The average molecular weight is 311 g/mol. The van der Waals surface area contributed by atoms with Crippen LogP contribution in [0.2, 0.25) is 0 Å². The van der Waals surface area contributed by atoms with Gasteiger partial charge in [-0.25, -0.2) is 0 Å². The van der Waals surface area contributed by atoms with Crippen molar-refractivity contribution in [3.63, 3.8) is 0 Å². The van der Waals surface area contributed by atoms with Crippen LogP contribution in [-0.2, 0) is 0 Å². The van der Waals surface area contributed by atoms with E-state index in [0.717, 1.165) is 27.4 Å². The Morgan fingerprint density at radius 1 is 1.23 bits per heavy atom. The van der Waals surface area contributed by atoms with Crippen LogP contribution in [0.5, 0.6) is 5.75 Å². The van der Waals surface area contributed by atoms with Gasteiger partial charge in [-0.3, -0.25) is 9.89 Å². The van der Waals surface area contributed by atoms with E-state index in [-0.39, 0.29) is 11.9 Å². The Labute approximate surface area is 130 Å². The van der Waals surface area contributed by atoms with E-state index >= 15 is 0 Å². The van der Waals surface area contributed by atoms with Crippen molar-refractivity contribution in [2.75, 3.05) is 7.11 Å². The highest BCUT2D eigenvalue weighted by molar-refractivity contribution is 7.10. The Hall–Kier alpha value is -2.60. The molecule has 1 aliphatic heterocycles. The maximum absolute atomic E-state index is 12.1. The van der Waals surface area contributed by atoms with Crippen LogP contribution in [0.1, 0.15) is 27.0 Å². The fraction of sp³-hybridized carbons (Fsp3) is 0.125. The second-order valence-corrected chi connectivity index (χ2v) is 5.99. The molecule has 0 bridgehead atoms. The summed E-state index contributed by atoms with van der Waals surface area (Å²) in [6, 6.07) is 11.5. The SMILES string of the molecule is COc1ccc(-c2n[nH]c3c2C(c2cccs2)NC3=O)cc1. The third-order valence-electron chi connectivity index (χ3n) is 3.79. The first kappa shape index (κ1) is 13.1. The van der Waals surface area contributed by atoms with Crippen molar-refractivity contribution < 1.29 is 9.53 Å². The standard InChI is InChI=1S/C16H13N3O2S/c1-21-10-6-4-9(5-7-10)13-12-14(11-3-2-8-22-11)17-16(20)15(12)19-18-13/h2-8,14H,1H3,(H,17,20)(H,18,19). The van der Waals surface area contributed by atoms with Crippen LogP contribution in [0.25, 0.3) is 11.3 Å². The number of hydrogen-bond acceptors (Lipinski definition) is 4. The van der Waals surface area contributed by atoms with E-state index in [2.05, 4.69) is 15.5 Å². The molecular weight excluding hydrogens is 298 g/mol. The quantitative estimate of drug-likeness (QED) is 0.781. The lowest BCUT2D eigenvalue weighted by Crippen LogP contribution is -2.20. The highest BCUT2D eigenvalue weighted by atomic mass is 32.1. The number of nitrogens with one attached hydrogen (secondary N) is 2. The van der Waals surface area contributed by atoms with Crippen LogP contribution in [0.3, 0.4) is 0 Å². The van der Waals surface area contributed by atoms with Crippen LogP contribution in [0.15, 0.2) is 41.8 Å². The summed E-state index contributed by atoms with van der Waals surface area (Å²) in [6.45, 7) is 0. The molecule has 1 unspecified atom stereocenters. The van der Waals surface area contributed by atoms with Gasteiger partial charge in [-0.1, -0.05) is 6.07 Å². The molecule has 1 amide bonds. The molecule has 0 saturated heterocycles. The summed E-state index contributed by atoms with van der Waals surface area (Å²) in [5, 5.41) is 12.2. The van der Waals surface area contributed by atoms with E-state index in [9.17, 15) is 4.79 Å². The molecule has 5 nitrogen and oxygen atoms in total. The first-order valence-corrected chi connectivity index (χ1v) is 7.73. The summed E-state index contributed by atoms with van der Waals surface area (Å²) in [4.78, 5) is 13.2. The molecule has 1 aromatic carbocycles. The van der Waals surface area contributed by atoms with Gasteiger partial charge in [0.05, 0.1) is 18.8 Å². The zero-order chi connectivity index (χ0) is 15.1. The predicted molar refractivity (Wildman–Crippen MR) is 84.2 cm³/mol. The van der Waals surface area contributed by atoms with Crippen molar-refractivity contribution >= 4 is 17.2 Å². The number of benzene rings is 1. The van der Waals surface area contributed by atoms with Crippen molar-refractivity contribution in [1.29, 1.82) is 0 Å².